The third-order valence-electron chi connectivity index (χ3n) is 3.61. The molecule has 1 aromatic carbocycles. The molecular weight excluding hydrogens is 296 g/mol. The van der Waals surface area contributed by atoms with Gasteiger partial charge >= 0.3 is 5.69 Å². The summed E-state index contributed by atoms with van der Waals surface area (Å²) in [6, 6.07) is 4.40. The molecule has 0 radical (unpaired) electrons. The zero-order chi connectivity index (χ0) is 15.6. The molecule has 0 aliphatic carbocycles. The first-order chi connectivity index (χ1) is 9.84. The van der Waals surface area contributed by atoms with Gasteiger partial charge in [0.2, 0.25) is 0 Å². The molecule has 0 bridgehead atoms. The van der Waals surface area contributed by atoms with E-state index in [1.54, 1.807) is 13.2 Å². The fraction of sp³-hybridized carbons (Fsp3) is 0.538. The van der Waals surface area contributed by atoms with Crippen molar-refractivity contribution in [3.8, 4) is 0 Å². The number of piperidine rings is 1. The first kappa shape index (κ1) is 15.7. The summed E-state index contributed by atoms with van der Waals surface area (Å²) in [5.41, 5.74) is -0.0126. The third-order valence-corrected chi connectivity index (χ3v) is 4.74. The Bertz CT molecular complexity index is 644. The number of sulfone groups is 1. The normalized spacial score (nSPS) is 19.5. The van der Waals surface area contributed by atoms with Gasteiger partial charge in [0.05, 0.1) is 11.0 Å². The van der Waals surface area contributed by atoms with Gasteiger partial charge in [-0.15, -0.1) is 0 Å². The summed E-state index contributed by atoms with van der Waals surface area (Å²) < 4.78 is 28.8. The summed E-state index contributed by atoms with van der Waals surface area (Å²) in [6.07, 6.45) is 2.72. The van der Waals surface area contributed by atoms with Crippen LogP contribution in [0.1, 0.15) is 12.8 Å². The van der Waals surface area contributed by atoms with Gasteiger partial charge in [-0.1, -0.05) is 6.07 Å². The monoisotopic (exact) mass is 314 g/mol. The van der Waals surface area contributed by atoms with E-state index in [2.05, 4.69) is 0 Å². The molecule has 2 rings (SSSR count). The van der Waals surface area contributed by atoms with Crippen LogP contribution < -0.4 is 4.90 Å². The molecule has 1 aromatic rings. The zero-order valence-corrected chi connectivity index (χ0v) is 12.8. The van der Waals surface area contributed by atoms with E-state index in [0.717, 1.165) is 19.1 Å². The van der Waals surface area contributed by atoms with E-state index in [4.69, 9.17) is 4.74 Å². The summed E-state index contributed by atoms with van der Waals surface area (Å²) in [5, 5.41) is 11.4. The molecule has 0 N–H and O–H groups in total. The van der Waals surface area contributed by atoms with Crippen LogP contribution in [0.5, 0.6) is 0 Å². The highest BCUT2D eigenvalue weighted by Gasteiger charge is 2.31. The predicted octanol–water partition coefficient (Wildman–Crippen LogP) is 1.61. The van der Waals surface area contributed by atoms with Gasteiger partial charge in [0.25, 0.3) is 0 Å². The van der Waals surface area contributed by atoms with Crippen LogP contribution >= 0.6 is 0 Å². The van der Waals surface area contributed by atoms with Gasteiger partial charge in [0.1, 0.15) is 10.6 Å². The molecule has 1 unspecified atom stereocenters. The SMILES string of the molecule is COC1CCCN(c2cccc(S(C)(=O)=O)c2[N+](=O)[O-])C1. The first-order valence-electron chi connectivity index (χ1n) is 6.59. The second-order valence-electron chi connectivity index (χ2n) is 5.10. The van der Waals surface area contributed by atoms with Crippen molar-refractivity contribution in [2.75, 3.05) is 31.4 Å². The highest BCUT2D eigenvalue weighted by Crippen LogP contribution is 2.36. The van der Waals surface area contributed by atoms with Gasteiger partial charge in [0, 0.05) is 26.5 Å². The van der Waals surface area contributed by atoms with Crippen molar-refractivity contribution >= 4 is 21.2 Å². The molecule has 1 atom stereocenters. The van der Waals surface area contributed by atoms with E-state index in [1.165, 1.54) is 12.1 Å². The number of ether oxygens (including phenoxy) is 1. The highest BCUT2D eigenvalue weighted by molar-refractivity contribution is 7.90. The number of para-hydroxylation sites is 1. The topological polar surface area (TPSA) is 89.8 Å². The molecule has 0 saturated carbocycles. The quantitative estimate of drug-likeness (QED) is 0.619. The van der Waals surface area contributed by atoms with Crippen LogP contribution in [0.15, 0.2) is 23.1 Å². The maximum Gasteiger partial charge on any atom is 0.311 e. The lowest BCUT2D eigenvalue weighted by molar-refractivity contribution is -0.387. The van der Waals surface area contributed by atoms with E-state index < -0.39 is 14.8 Å². The van der Waals surface area contributed by atoms with Crippen LogP contribution in [-0.2, 0) is 14.6 Å². The number of nitro benzene ring substituents is 1. The maximum absolute atomic E-state index is 11.8. The van der Waals surface area contributed by atoms with E-state index in [-0.39, 0.29) is 16.7 Å². The predicted molar refractivity (Wildman–Crippen MR) is 78.5 cm³/mol. The van der Waals surface area contributed by atoms with Crippen LogP contribution in [0.4, 0.5) is 11.4 Å². The fourth-order valence-corrected chi connectivity index (χ4v) is 3.45. The first-order valence-corrected chi connectivity index (χ1v) is 8.49. The molecule has 7 nitrogen and oxygen atoms in total. The summed E-state index contributed by atoms with van der Waals surface area (Å²) in [5.74, 6) is 0. The minimum absolute atomic E-state index is 0.000226. The number of nitro groups is 1. The minimum Gasteiger partial charge on any atom is -0.380 e. The summed E-state index contributed by atoms with van der Waals surface area (Å²) in [4.78, 5) is 12.3. The second-order valence-corrected chi connectivity index (χ2v) is 7.08. The minimum atomic E-state index is -3.66. The second kappa shape index (κ2) is 5.98. The van der Waals surface area contributed by atoms with Gasteiger partial charge < -0.3 is 9.64 Å². The Balaban J connectivity index is 2.51. The van der Waals surface area contributed by atoms with Gasteiger partial charge in [-0.2, -0.15) is 0 Å². The number of anilines is 1. The van der Waals surface area contributed by atoms with Crippen molar-refractivity contribution in [1.82, 2.24) is 0 Å². The molecule has 1 aliphatic rings. The van der Waals surface area contributed by atoms with E-state index >= 15 is 0 Å². The van der Waals surface area contributed by atoms with Gasteiger partial charge in [-0.3, -0.25) is 10.1 Å². The van der Waals surface area contributed by atoms with Crippen LogP contribution in [0.25, 0.3) is 0 Å². The van der Waals surface area contributed by atoms with Crippen LogP contribution in [0.2, 0.25) is 0 Å². The van der Waals surface area contributed by atoms with E-state index in [1.807, 2.05) is 4.90 Å². The van der Waals surface area contributed by atoms with Crippen LogP contribution in [0.3, 0.4) is 0 Å². The van der Waals surface area contributed by atoms with Crippen LogP contribution in [0, 0.1) is 10.1 Å². The lowest BCUT2D eigenvalue weighted by atomic mass is 10.1. The van der Waals surface area contributed by atoms with E-state index in [9.17, 15) is 18.5 Å². The fourth-order valence-electron chi connectivity index (χ4n) is 2.60. The zero-order valence-electron chi connectivity index (χ0n) is 12.0. The number of hydrogen-bond donors (Lipinski definition) is 0. The molecular formula is C13H18N2O5S. The van der Waals surface area contributed by atoms with Crippen molar-refractivity contribution in [1.29, 1.82) is 0 Å². The molecule has 1 aliphatic heterocycles. The highest BCUT2D eigenvalue weighted by atomic mass is 32.2. The summed E-state index contributed by atoms with van der Waals surface area (Å²) in [7, 11) is -2.05. The molecule has 1 saturated heterocycles. The number of nitrogens with zero attached hydrogens (tertiary/aromatic N) is 2. The Hall–Kier alpha value is -1.67. The van der Waals surface area contributed by atoms with Crippen molar-refractivity contribution in [2.45, 2.75) is 23.8 Å². The summed E-state index contributed by atoms with van der Waals surface area (Å²) in [6.45, 7) is 1.17. The number of methoxy groups -OCH3 is 1. The van der Waals surface area contributed by atoms with Gasteiger partial charge in [-0.25, -0.2) is 8.42 Å². The Morgan fingerprint density at radius 3 is 2.71 bits per heavy atom. The smallest absolute Gasteiger partial charge is 0.311 e. The average molecular weight is 314 g/mol. The van der Waals surface area contributed by atoms with Gasteiger partial charge in [-0.05, 0) is 25.0 Å². The van der Waals surface area contributed by atoms with Gasteiger partial charge in [0.15, 0.2) is 9.84 Å². The molecule has 0 aromatic heterocycles. The molecule has 0 amide bonds. The molecule has 1 heterocycles. The number of benzene rings is 1. The Kier molecular flexibility index (Phi) is 4.48. The van der Waals surface area contributed by atoms with E-state index in [0.29, 0.717) is 18.8 Å². The van der Waals surface area contributed by atoms with Crippen LogP contribution in [-0.4, -0.2) is 45.9 Å². The lowest BCUT2D eigenvalue weighted by Gasteiger charge is -2.33. The number of hydrogen-bond acceptors (Lipinski definition) is 6. The standard InChI is InChI=1S/C13H18N2O5S/c1-20-10-5-4-8-14(9-10)11-6-3-7-12(21(2,18)19)13(11)15(16)17/h3,6-7,10H,4-5,8-9H2,1-2H3. The van der Waals surface area contributed by atoms with Crippen molar-refractivity contribution in [3.63, 3.8) is 0 Å². The maximum atomic E-state index is 11.8. The van der Waals surface area contributed by atoms with Crippen molar-refractivity contribution in [2.24, 2.45) is 0 Å². The molecule has 21 heavy (non-hydrogen) atoms. The molecule has 116 valence electrons. The van der Waals surface area contributed by atoms with Crippen molar-refractivity contribution < 1.29 is 18.1 Å². The Morgan fingerprint density at radius 2 is 2.14 bits per heavy atom. The third kappa shape index (κ3) is 3.33. The average Bonchev–Trinajstić information content (AvgIpc) is 2.45. The molecule has 8 heteroatoms. The number of rotatable bonds is 4. The summed E-state index contributed by atoms with van der Waals surface area (Å²) >= 11 is 0. The lowest BCUT2D eigenvalue weighted by Crippen LogP contribution is -2.39. The van der Waals surface area contributed by atoms with Crippen molar-refractivity contribution in [3.05, 3.63) is 28.3 Å². The molecule has 0 spiro atoms. The largest absolute Gasteiger partial charge is 0.380 e. The Morgan fingerprint density at radius 1 is 1.43 bits per heavy atom. The molecule has 1 fully saturated rings. The Labute approximate surface area is 123 Å².